The fraction of sp³-hybridized carbons (Fsp3) is 0.500. The van der Waals surface area contributed by atoms with E-state index < -0.39 is 87.0 Å². The van der Waals surface area contributed by atoms with Gasteiger partial charge in [0.05, 0.1) is 39.1 Å². The fourth-order valence-electron chi connectivity index (χ4n) is 5.47. The summed E-state index contributed by atoms with van der Waals surface area (Å²) in [6.07, 6.45) is -5.75. The van der Waals surface area contributed by atoms with Gasteiger partial charge in [-0.3, -0.25) is 37.7 Å². The van der Waals surface area contributed by atoms with Crippen LogP contribution in [0.1, 0.15) is 0 Å². The van der Waals surface area contributed by atoms with Gasteiger partial charge in [-0.1, -0.05) is 0 Å². The van der Waals surface area contributed by atoms with E-state index in [4.69, 9.17) is 62.6 Å². The number of hydrogen-bond donors (Lipinski definition) is 6. The third-order valence-corrected chi connectivity index (χ3v) is 10.7. The number of nitrogens with one attached hydrogen (secondary N) is 2. The molecule has 20 nitrogen and oxygen atoms in total. The van der Waals surface area contributed by atoms with Crippen molar-refractivity contribution in [1.82, 2.24) is 39.0 Å². The van der Waals surface area contributed by atoms with E-state index >= 15 is 8.78 Å². The van der Waals surface area contributed by atoms with Crippen molar-refractivity contribution in [3.8, 4) is 0 Å². The van der Waals surface area contributed by atoms with Crippen LogP contribution in [0.3, 0.4) is 0 Å². The molecule has 26 heteroatoms. The summed E-state index contributed by atoms with van der Waals surface area (Å²) in [4.78, 5) is 67.6. The zero-order chi connectivity index (χ0) is 32.8. The van der Waals surface area contributed by atoms with Crippen molar-refractivity contribution in [3.63, 3.8) is 0 Å². The summed E-state index contributed by atoms with van der Waals surface area (Å²) >= 11 is 10.4. The molecule has 248 valence electrons. The molecule has 3 aliphatic rings. The van der Waals surface area contributed by atoms with Gasteiger partial charge in [0.15, 0.2) is 34.7 Å². The zero-order valence-corrected chi connectivity index (χ0v) is 26.2. The minimum Gasteiger partial charge on any atom is -0.369 e. The summed E-state index contributed by atoms with van der Waals surface area (Å²) in [5, 5.41) is 0. The molecule has 3 saturated heterocycles. The Morgan fingerprint density at radius 1 is 0.826 bits per heavy atom. The van der Waals surface area contributed by atoms with Gasteiger partial charge in [-0.2, -0.15) is 9.97 Å². The highest BCUT2D eigenvalue weighted by Crippen LogP contribution is 2.57. The predicted octanol–water partition coefficient (Wildman–Crippen LogP) is -1.29. The molecule has 2 unspecified atom stereocenters. The van der Waals surface area contributed by atoms with Crippen LogP contribution in [0, 0.1) is 0 Å². The molecule has 0 aliphatic carbocycles. The lowest BCUT2D eigenvalue weighted by molar-refractivity contribution is -0.0781. The van der Waals surface area contributed by atoms with Crippen molar-refractivity contribution in [2.75, 3.05) is 37.9 Å². The number of anilines is 2. The first kappa shape index (κ1) is 31.7. The second kappa shape index (κ2) is 10.8. The molecule has 7 rings (SSSR count). The number of nitrogens with two attached hydrogens (primary N) is 2. The quantitative estimate of drug-likeness (QED) is 0.131. The van der Waals surface area contributed by atoms with E-state index in [1.807, 2.05) is 0 Å². The Hall–Kier alpha value is -2.86. The Kier molecular flexibility index (Phi) is 7.47. The van der Waals surface area contributed by atoms with Crippen molar-refractivity contribution in [3.05, 3.63) is 33.4 Å². The number of ether oxygens (including phenoxy) is 2. The lowest BCUT2D eigenvalue weighted by Crippen LogP contribution is -2.48. The summed E-state index contributed by atoms with van der Waals surface area (Å²) < 4.78 is 68.5. The maximum atomic E-state index is 16.5. The van der Waals surface area contributed by atoms with Crippen LogP contribution in [0.15, 0.2) is 22.2 Å². The molecule has 4 aromatic rings. The van der Waals surface area contributed by atoms with Gasteiger partial charge in [0.25, 0.3) is 11.1 Å². The van der Waals surface area contributed by atoms with Gasteiger partial charge in [-0.25, -0.2) is 18.7 Å². The number of hydrogen-bond acceptors (Lipinski definition) is 16. The van der Waals surface area contributed by atoms with Gasteiger partial charge in [-0.05, 0) is 23.6 Å². The molecule has 3 aliphatic heterocycles. The molecule has 3 fully saturated rings. The first-order chi connectivity index (χ1) is 21.6. The van der Waals surface area contributed by atoms with E-state index in [2.05, 4.69) is 29.9 Å². The zero-order valence-electron chi connectivity index (χ0n) is 22.8. The van der Waals surface area contributed by atoms with Crippen molar-refractivity contribution in [1.29, 1.82) is 0 Å². The minimum atomic E-state index is -4.54. The van der Waals surface area contributed by atoms with Crippen LogP contribution in [-0.2, 0) is 62.6 Å². The van der Waals surface area contributed by atoms with E-state index in [0.29, 0.717) is 0 Å². The maximum absolute atomic E-state index is 16.5. The van der Waals surface area contributed by atoms with Crippen molar-refractivity contribution < 1.29 is 46.1 Å². The van der Waals surface area contributed by atoms with Gasteiger partial charge in [0.2, 0.25) is 23.3 Å². The third kappa shape index (κ3) is 5.00. The number of nitrogen functional groups attached to an aromatic ring is 2. The SMILES string of the molecule is Nc1nc2c(ncn2[C@]23CO[C@H](COP(O)(=S)O[C@]4(n5cnc6c(=O)[nH]c(N)nc65)CO[C@H](COP(O)(=S)O2)[C@H]4F)[C@H]3F)c(=O)[nH]1. The number of aromatic amines is 2. The lowest BCUT2D eigenvalue weighted by Gasteiger charge is -2.36. The van der Waals surface area contributed by atoms with E-state index in [9.17, 15) is 19.4 Å². The Morgan fingerprint density at radius 2 is 1.22 bits per heavy atom. The van der Waals surface area contributed by atoms with E-state index in [0.717, 1.165) is 21.8 Å². The number of halogens is 2. The topological polar surface area (TPSA) is 275 Å². The van der Waals surface area contributed by atoms with Crippen LogP contribution >= 0.6 is 13.4 Å². The van der Waals surface area contributed by atoms with Gasteiger partial charge >= 0.3 is 13.4 Å². The van der Waals surface area contributed by atoms with Crippen LogP contribution in [-0.4, -0.2) is 99.8 Å². The molecule has 0 amide bonds. The van der Waals surface area contributed by atoms with Crippen molar-refractivity contribution >= 4 is 71.3 Å². The highest BCUT2D eigenvalue weighted by atomic mass is 32.5. The monoisotopic (exact) mass is 726 g/mol. The van der Waals surface area contributed by atoms with Crippen molar-refractivity contribution in [2.24, 2.45) is 0 Å². The number of H-pyrrole nitrogens is 2. The van der Waals surface area contributed by atoms with Crippen LogP contribution in [0.4, 0.5) is 20.7 Å². The lowest BCUT2D eigenvalue weighted by atomic mass is 10.1. The molecule has 0 saturated carbocycles. The van der Waals surface area contributed by atoms with E-state index in [1.54, 1.807) is 0 Å². The fourth-order valence-corrected chi connectivity index (χ4v) is 8.67. The Balaban J connectivity index is 1.31. The number of imidazole rings is 2. The maximum Gasteiger partial charge on any atom is 0.326 e. The number of aromatic nitrogens is 8. The van der Waals surface area contributed by atoms with Crippen LogP contribution in [0.25, 0.3) is 22.3 Å². The molecule has 8 atom stereocenters. The summed E-state index contributed by atoms with van der Waals surface area (Å²) in [7, 11) is 0. The average molecular weight is 727 g/mol. The molecule has 4 aromatic heterocycles. The van der Waals surface area contributed by atoms with Crippen molar-refractivity contribution in [2.45, 2.75) is 36.0 Å². The highest BCUT2D eigenvalue weighted by Gasteiger charge is 2.60. The smallest absolute Gasteiger partial charge is 0.326 e. The second-order valence-electron chi connectivity index (χ2n) is 10.4. The van der Waals surface area contributed by atoms with E-state index in [1.165, 1.54) is 0 Å². The summed E-state index contributed by atoms with van der Waals surface area (Å²) in [6, 6.07) is 0. The Labute approximate surface area is 263 Å². The Morgan fingerprint density at radius 3 is 1.61 bits per heavy atom. The molecule has 8 N–H and O–H groups in total. The summed E-state index contributed by atoms with van der Waals surface area (Å²) in [5.74, 6) is -0.680. The number of nitrogens with zero attached hydrogens (tertiary/aromatic N) is 6. The number of alkyl halides is 2. The molecule has 46 heavy (non-hydrogen) atoms. The molecule has 4 bridgehead atoms. The van der Waals surface area contributed by atoms with Crippen LogP contribution in [0.5, 0.6) is 0 Å². The minimum absolute atomic E-state index is 0.255. The number of fused-ring (bicyclic) bond motifs is 6. The number of rotatable bonds is 2. The summed E-state index contributed by atoms with van der Waals surface area (Å²) in [5.41, 5.74) is 4.08. The predicted molar refractivity (Wildman–Crippen MR) is 157 cm³/mol. The molecule has 0 aromatic carbocycles. The Bertz CT molecular complexity index is 1950. The second-order valence-corrected chi connectivity index (χ2v) is 15.9. The normalized spacial score (nSPS) is 37.1. The third-order valence-electron chi connectivity index (χ3n) is 7.54. The van der Waals surface area contributed by atoms with E-state index in [-0.39, 0.29) is 34.2 Å². The van der Waals surface area contributed by atoms with Gasteiger partial charge in [-0.15, -0.1) is 0 Å². The largest absolute Gasteiger partial charge is 0.369 e. The first-order valence-electron chi connectivity index (χ1n) is 13.0. The molecular weight excluding hydrogens is 704 g/mol. The van der Waals surface area contributed by atoms with Gasteiger partial charge in [0, 0.05) is 0 Å². The van der Waals surface area contributed by atoms with Crippen LogP contribution in [0.2, 0.25) is 0 Å². The average Bonchev–Trinajstić information content (AvgIpc) is 3.72. The van der Waals surface area contributed by atoms with Gasteiger partial charge in [0.1, 0.15) is 12.2 Å². The van der Waals surface area contributed by atoms with Gasteiger partial charge < -0.3 is 39.8 Å². The molecule has 0 spiro atoms. The first-order valence-corrected chi connectivity index (χ1v) is 18.2. The molecule has 0 radical (unpaired) electrons. The summed E-state index contributed by atoms with van der Waals surface area (Å²) in [6.45, 7) is -12.0. The molecule has 7 heterocycles. The van der Waals surface area contributed by atoms with Crippen LogP contribution < -0.4 is 22.6 Å². The highest BCUT2D eigenvalue weighted by molar-refractivity contribution is 8.07. The standard InChI is InChI=1S/C20H22F2N10O10P2S2/c21-11-7-1-39-43(35,45)41-20(32-6-26-10-14(32)28-18(24)30-16(10)34)4-38-8(12(20)22)2-40-44(36,46)42-19(11,3-37-7)31-5-25-9-13(31)27-17(23)29-15(9)33/h5-8,11-12H,1-4H2,(H,35,45)(H,36,46)(H3,23,27,29,33)(H3,24,28,30,34)/t7-,8-,11-,12-,19-,20-,43?,44?/m1/s1. The molecular formula is C20H22F2N10O10P2S2.